The summed E-state index contributed by atoms with van der Waals surface area (Å²) in [5.74, 6) is -0.510. The number of amides is 1. The summed E-state index contributed by atoms with van der Waals surface area (Å²) < 4.78 is 68.8. The molecule has 0 saturated carbocycles. The van der Waals surface area contributed by atoms with E-state index < -0.39 is 27.8 Å². The number of halogens is 3. The van der Waals surface area contributed by atoms with Crippen LogP contribution in [0.2, 0.25) is 0 Å². The molecule has 36 heavy (non-hydrogen) atoms. The topological polar surface area (TPSA) is 107 Å². The Morgan fingerprint density at radius 1 is 1.08 bits per heavy atom. The summed E-state index contributed by atoms with van der Waals surface area (Å²) in [6.45, 7) is 6.09. The first-order valence-corrected chi connectivity index (χ1v) is 12.9. The smallest absolute Gasteiger partial charge is 0.330 e. The molecule has 11 heteroatoms. The molecule has 0 radical (unpaired) electrons. The van der Waals surface area contributed by atoms with Crippen molar-refractivity contribution in [1.29, 1.82) is 0 Å². The molecule has 0 spiro atoms. The first kappa shape index (κ1) is 27.4. The molecule has 2 aromatic carbocycles. The summed E-state index contributed by atoms with van der Waals surface area (Å²) in [4.78, 5) is 12.1. The van der Waals surface area contributed by atoms with Crippen molar-refractivity contribution in [2.24, 2.45) is 17.6 Å². The fourth-order valence-corrected chi connectivity index (χ4v) is 4.85. The molecule has 194 valence electrons. The lowest BCUT2D eigenvalue weighted by Gasteiger charge is -2.16. The predicted octanol–water partition coefficient (Wildman–Crippen LogP) is 4.68. The number of aryl methyl sites for hydroxylation is 1. The minimum Gasteiger partial charge on any atom is -0.330 e. The van der Waals surface area contributed by atoms with Gasteiger partial charge in [0.25, 0.3) is 10.0 Å². The number of aromatic nitrogens is 2. The third-order valence-electron chi connectivity index (χ3n) is 5.60. The summed E-state index contributed by atoms with van der Waals surface area (Å²) in [6.07, 6.45) is -4.00. The molecular weight excluding hydrogens is 493 g/mol. The molecule has 0 aliphatic heterocycles. The highest BCUT2D eigenvalue weighted by Gasteiger charge is 2.35. The van der Waals surface area contributed by atoms with E-state index >= 15 is 0 Å². The number of nitrogens with one attached hydrogen (secondary N) is 1. The lowest BCUT2D eigenvalue weighted by atomic mass is 9.94. The van der Waals surface area contributed by atoms with E-state index in [1.807, 2.05) is 25.5 Å². The average Bonchev–Trinajstić information content (AvgIpc) is 3.24. The zero-order chi connectivity index (χ0) is 26.7. The van der Waals surface area contributed by atoms with Crippen LogP contribution < -0.4 is 10.5 Å². The van der Waals surface area contributed by atoms with Gasteiger partial charge in [0.2, 0.25) is 5.91 Å². The maximum absolute atomic E-state index is 13.4. The van der Waals surface area contributed by atoms with Crippen LogP contribution in [0, 0.1) is 18.8 Å². The van der Waals surface area contributed by atoms with Crippen LogP contribution in [0.5, 0.6) is 0 Å². The molecule has 1 unspecified atom stereocenters. The van der Waals surface area contributed by atoms with Gasteiger partial charge in [-0.15, -0.1) is 0 Å². The van der Waals surface area contributed by atoms with E-state index in [9.17, 15) is 26.4 Å². The summed E-state index contributed by atoms with van der Waals surface area (Å²) in [5.41, 5.74) is 6.51. The zero-order valence-electron chi connectivity index (χ0n) is 20.2. The Morgan fingerprint density at radius 3 is 2.22 bits per heavy atom. The lowest BCUT2D eigenvalue weighted by molar-refractivity contribution is -0.141. The largest absolute Gasteiger partial charge is 0.435 e. The van der Waals surface area contributed by atoms with Gasteiger partial charge in [-0.05, 0) is 62.1 Å². The molecule has 0 bridgehead atoms. The summed E-state index contributed by atoms with van der Waals surface area (Å²) in [6, 6.07) is 13.0. The second-order valence-corrected chi connectivity index (χ2v) is 10.8. The highest BCUT2D eigenvalue weighted by Crippen LogP contribution is 2.33. The number of benzene rings is 2. The van der Waals surface area contributed by atoms with Crippen molar-refractivity contribution >= 4 is 15.9 Å². The molecular formula is C25H29F3N4O3S. The quantitative estimate of drug-likeness (QED) is 0.424. The van der Waals surface area contributed by atoms with E-state index in [-0.39, 0.29) is 35.2 Å². The summed E-state index contributed by atoms with van der Waals surface area (Å²) >= 11 is 0. The first-order chi connectivity index (χ1) is 16.8. The van der Waals surface area contributed by atoms with Crippen LogP contribution in [0.3, 0.4) is 0 Å². The van der Waals surface area contributed by atoms with E-state index in [0.717, 1.165) is 16.3 Å². The van der Waals surface area contributed by atoms with Gasteiger partial charge >= 0.3 is 6.18 Å². The Kier molecular flexibility index (Phi) is 8.25. The fraction of sp³-hybridized carbons (Fsp3) is 0.360. The van der Waals surface area contributed by atoms with Crippen LogP contribution in [0.4, 0.5) is 13.2 Å². The lowest BCUT2D eigenvalue weighted by Crippen LogP contribution is -2.33. The first-order valence-electron chi connectivity index (χ1n) is 11.4. The van der Waals surface area contributed by atoms with Gasteiger partial charge in [-0.25, -0.2) is 17.8 Å². The molecule has 0 saturated heterocycles. The van der Waals surface area contributed by atoms with Crippen LogP contribution in [0.15, 0.2) is 59.5 Å². The fourth-order valence-electron chi connectivity index (χ4n) is 3.86. The maximum atomic E-state index is 13.4. The highest BCUT2D eigenvalue weighted by molar-refractivity contribution is 7.90. The van der Waals surface area contributed by atoms with Crippen LogP contribution >= 0.6 is 0 Å². The molecule has 1 amide bonds. The van der Waals surface area contributed by atoms with Gasteiger partial charge in [0.05, 0.1) is 16.3 Å². The summed E-state index contributed by atoms with van der Waals surface area (Å²) in [5, 5.41) is 3.72. The SMILES string of the molecule is Cc1ccc(-c2cc(C(F)(F)F)nn2-c2ccc(S(=O)(=O)NC(=O)CC(CN)CC(C)C)cc2)cc1. The van der Waals surface area contributed by atoms with Gasteiger partial charge in [-0.3, -0.25) is 4.79 Å². The van der Waals surface area contributed by atoms with E-state index in [1.165, 1.54) is 24.3 Å². The molecule has 7 nitrogen and oxygen atoms in total. The molecule has 3 rings (SSSR count). The molecule has 1 atom stereocenters. The molecule has 3 aromatic rings. The molecule has 0 fully saturated rings. The van der Waals surface area contributed by atoms with Gasteiger partial charge in [-0.1, -0.05) is 43.7 Å². The molecule has 0 aliphatic rings. The third kappa shape index (κ3) is 6.73. The zero-order valence-corrected chi connectivity index (χ0v) is 21.0. The van der Waals surface area contributed by atoms with Crippen molar-refractivity contribution in [3.05, 3.63) is 65.9 Å². The number of carbonyl (C=O) groups excluding carboxylic acids is 1. The van der Waals surface area contributed by atoms with Gasteiger partial charge in [0, 0.05) is 12.0 Å². The van der Waals surface area contributed by atoms with E-state index in [2.05, 4.69) is 5.10 Å². The molecule has 3 N–H and O–H groups in total. The third-order valence-corrected chi connectivity index (χ3v) is 6.99. The van der Waals surface area contributed by atoms with Crippen molar-refractivity contribution in [3.63, 3.8) is 0 Å². The number of sulfonamides is 1. The predicted molar refractivity (Wildman–Crippen MR) is 131 cm³/mol. The van der Waals surface area contributed by atoms with Crippen LogP contribution in [0.25, 0.3) is 16.9 Å². The Balaban J connectivity index is 1.88. The van der Waals surface area contributed by atoms with E-state index in [4.69, 9.17) is 5.73 Å². The molecule has 0 aliphatic carbocycles. The second kappa shape index (κ2) is 10.8. The van der Waals surface area contributed by atoms with Crippen LogP contribution in [0.1, 0.15) is 37.9 Å². The van der Waals surface area contributed by atoms with E-state index in [1.54, 1.807) is 24.3 Å². The monoisotopic (exact) mass is 522 g/mol. The van der Waals surface area contributed by atoms with E-state index in [0.29, 0.717) is 17.9 Å². The number of rotatable bonds is 9. The number of alkyl halides is 3. The minimum atomic E-state index is -4.66. The maximum Gasteiger partial charge on any atom is 0.435 e. The highest BCUT2D eigenvalue weighted by atomic mass is 32.2. The van der Waals surface area contributed by atoms with Gasteiger partial charge < -0.3 is 5.73 Å². The van der Waals surface area contributed by atoms with Crippen LogP contribution in [-0.4, -0.2) is 30.7 Å². The second-order valence-electron chi connectivity index (χ2n) is 9.15. The van der Waals surface area contributed by atoms with Gasteiger partial charge in [0.1, 0.15) is 0 Å². The molecule has 1 heterocycles. The number of nitrogens with zero attached hydrogens (tertiary/aromatic N) is 2. The average molecular weight is 523 g/mol. The Morgan fingerprint density at radius 2 is 1.69 bits per heavy atom. The van der Waals surface area contributed by atoms with Gasteiger partial charge in [-0.2, -0.15) is 18.3 Å². The van der Waals surface area contributed by atoms with Crippen molar-refractivity contribution in [1.82, 2.24) is 14.5 Å². The Hall–Kier alpha value is -3.18. The van der Waals surface area contributed by atoms with Crippen molar-refractivity contribution in [2.45, 2.75) is 44.7 Å². The minimum absolute atomic E-state index is 0.0284. The van der Waals surface area contributed by atoms with Crippen molar-refractivity contribution < 1.29 is 26.4 Å². The normalized spacial score (nSPS) is 13.1. The van der Waals surface area contributed by atoms with Gasteiger partial charge in [0.15, 0.2) is 5.69 Å². The standard InChI is InChI=1S/C25H29F3N4O3S/c1-16(2)12-18(15-29)13-24(33)31-36(34,35)21-10-8-20(9-11-21)32-22(14-23(30-32)25(26,27)28)19-6-4-17(3)5-7-19/h4-11,14,16,18H,12-13,15,29H2,1-3H3,(H,31,33). The Labute approximate surface area is 208 Å². The number of carbonyl (C=O) groups is 1. The summed E-state index contributed by atoms with van der Waals surface area (Å²) in [7, 11) is -4.18. The molecule has 1 aromatic heterocycles. The van der Waals surface area contributed by atoms with Crippen molar-refractivity contribution in [3.8, 4) is 16.9 Å². The Bertz CT molecular complexity index is 1300. The van der Waals surface area contributed by atoms with Crippen LogP contribution in [-0.2, 0) is 21.0 Å². The number of hydrogen-bond acceptors (Lipinski definition) is 5. The number of hydrogen-bond donors (Lipinski definition) is 2. The number of nitrogens with two attached hydrogens (primary N) is 1. The van der Waals surface area contributed by atoms with Crippen molar-refractivity contribution in [2.75, 3.05) is 6.54 Å².